The number of carbonyl (C=O) groups excluding carboxylic acids is 1. The van der Waals surface area contributed by atoms with Crippen LogP contribution < -0.4 is 4.72 Å². The maximum Gasteiger partial charge on any atom is 0.509 e. The molecule has 0 amide bonds. The number of carbonyl (C=O) groups is 1. The standard InChI is InChI=1S/C64H92INO16SSi2/c1-39(2)84(40(3)4,41(5)6)74-37-50-53(67)56(52(65)61(77-50)66-83(69,70)49-32-24-17-25-33-49)79-63-60(58-55(81-64(68)82-58)51(78-63)38-75-85(42(7)8,43(9)10)44(11)12)80-62-59(73-36-48-30-22-16-23-31-48)57(72-35-47-28-20-15-21-29-47)54(45(13)76-62)71-34-46-26-18-14-19-27-46/h14-33,39-45,50-63,66-67H,34-38H2,1-13H3/t45-,50+,51+,52-,53-,54+,55-,56+,57+,58-,59-,60+,61-,62-,63-/m0/s1. The molecular formula is C64H92INO16SSi2. The number of nitrogens with one attached hydrogen (secondary N) is 1. The topological polar surface area (TPSA) is 194 Å². The van der Waals surface area contributed by atoms with Crippen molar-refractivity contribution in [3.8, 4) is 0 Å². The van der Waals surface area contributed by atoms with E-state index in [4.69, 9.17) is 56.2 Å². The molecular weight excluding hydrogens is 1250 g/mol. The van der Waals surface area contributed by atoms with Gasteiger partial charge in [-0.05, 0) is 69.0 Å². The lowest BCUT2D eigenvalue weighted by atomic mass is 9.96. The minimum atomic E-state index is -4.21. The summed E-state index contributed by atoms with van der Waals surface area (Å²) in [6, 6.07) is 37.4. The first-order valence-corrected chi connectivity index (χ1v) is 37.3. The molecule has 17 nitrogen and oxygen atoms in total. The summed E-state index contributed by atoms with van der Waals surface area (Å²) in [6.45, 7) is 28.5. The third-order valence-corrected chi connectivity index (χ3v) is 32.6. The van der Waals surface area contributed by atoms with Gasteiger partial charge in [0.1, 0.15) is 49.0 Å². The van der Waals surface area contributed by atoms with E-state index in [9.17, 15) is 18.3 Å². The van der Waals surface area contributed by atoms with Crippen LogP contribution in [0.2, 0.25) is 33.2 Å². The summed E-state index contributed by atoms with van der Waals surface area (Å²) < 4.78 is 113. The molecule has 2 N–H and O–H groups in total. The largest absolute Gasteiger partial charge is 0.509 e. The average molecular weight is 1350 g/mol. The van der Waals surface area contributed by atoms with Crippen molar-refractivity contribution in [2.24, 2.45) is 0 Å². The monoisotopic (exact) mass is 1350 g/mol. The van der Waals surface area contributed by atoms with Gasteiger partial charge in [-0.25, -0.2) is 13.2 Å². The molecule has 4 aliphatic heterocycles. The van der Waals surface area contributed by atoms with Gasteiger partial charge in [-0.15, -0.1) is 0 Å². The summed E-state index contributed by atoms with van der Waals surface area (Å²) in [6.07, 6.45) is -16.5. The van der Waals surface area contributed by atoms with Gasteiger partial charge in [0.15, 0.2) is 47.5 Å². The second kappa shape index (κ2) is 30.1. The molecule has 0 aromatic heterocycles. The van der Waals surface area contributed by atoms with E-state index in [-0.39, 0.29) is 71.2 Å². The van der Waals surface area contributed by atoms with Crippen molar-refractivity contribution in [2.45, 2.75) is 238 Å². The zero-order valence-corrected chi connectivity index (χ0v) is 56.5. The Morgan fingerprint density at radius 1 is 0.518 bits per heavy atom. The zero-order valence-electron chi connectivity index (χ0n) is 51.6. The maximum atomic E-state index is 14.3. The Labute approximate surface area is 520 Å². The number of hydrogen-bond donors (Lipinski definition) is 2. The van der Waals surface area contributed by atoms with Crippen molar-refractivity contribution in [3.63, 3.8) is 0 Å². The summed E-state index contributed by atoms with van der Waals surface area (Å²) in [4.78, 5) is 13.8. The molecule has 4 aromatic carbocycles. The Morgan fingerprint density at radius 3 is 1.39 bits per heavy atom. The molecule has 21 heteroatoms. The van der Waals surface area contributed by atoms with E-state index in [0.29, 0.717) is 0 Å². The van der Waals surface area contributed by atoms with Crippen LogP contribution in [-0.2, 0) is 86.1 Å². The number of alkyl halides is 1. The van der Waals surface area contributed by atoms with Crippen LogP contribution in [0.1, 0.15) is 107 Å². The summed E-state index contributed by atoms with van der Waals surface area (Å²) in [5.74, 6) is 0. The zero-order chi connectivity index (χ0) is 61.4. The van der Waals surface area contributed by atoms with Crippen LogP contribution in [0, 0.1) is 0 Å². The van der Waals surface area contributed by atoms with E-state index in [0.717, 1.165) is 16.7 Å². The fraction of sp³-hybridized carbons (Fsp3) is 0.609. The molecule has 15 atom stereocenters. The van der Waals surface area contributed by atoms with Gasteiger partial charge in [-0.3, -0.25) is 0 Å². The van der Waals surface area contributed by atoms with Gasteiger partial charge in [-0.2, -0.15) is 4.72 Å². The van der Waals surface area contributed by atoms with Crippen LogP contribution in [0.4, 0.5) is 4.79 Å². The van der Waals surface area contributed by atoms with E-state index >= 15 is 0 Å². The van der Waals surface area contributed by atoms with Gasteiger partial charge in [-0.1, -0.05) is 215 Å². The van der Waals surface area contributed by atoms with Crippen molar-refractivity contribution in [3.05, 3.63) is 138 Å². The van der Waals surface area contributed by atoms with Gasteiger partial charge in [0.25, 0.3) is 0 Å². The molecule has 4 fully saturated rings. The third-order valence-electron chi connectivity index (χ3n) is 17.6. The van der Waals surface area contributed by atoms with E-state index < -0.39 is 123 Å². The predicted octanol–water partition coefficient (Wildman–Crippen LogP) is 12.1. The summed E-state index contributed by atoms with van der Waals surface area (Å²) in [7, 11) is -9.39. The molecule has 8 rings (SSSR count). The number of halogens is 1. The Kier molecular flexibility index (Phi) is 23.9. The minimum absolute atomic E-state index is 0.00698. The summed E-state index contributed by atoms with van der Waals surface area (Å²) in [5.41, 5.74) is 3.90. The molecule has 470 valence electrons. The van der Waals surface area contributed by atoms with Crippen LogP contribution in [0.25, 0.3) is 0 Å². The number of aliphatic hydroxyl groups is 1. The SMILES string of the molecule is CC(C)[Si](OC[C@H]1O[C@H](NS(=O)(=O)c2ccccc2)[C@@H](I)[C@@H](O[C@@H]2O[C@H](CO[Si](C(C)C)(C(C)C)C(C)C)[C@@H]3OC(=O)O[C@@H]3[C@H]2O[C@@H]2O[C@@H](C)[C@@H](OCc3ccccc3)[C@@H](OCc3ccccc3)[C@@H]2OCc2ccccc2)[C@H]1O)(C(C)C)C(C)C. The second-order valence-corrected chi connectivity index (χ2v) is 38.9. The van der Waals surface area contributed by atoms with Crippen LogP contribution in [-0.4, -0.2) is 139 Å². The quantitative estimate of drug-likeness (QED) is 0.0236. The summed E-state index contributed by atoms with van der Waals surface area (Å²) >= 11 is 2.07. The molecule has 4 aromatic rings. The lowest BCUT2D eigenvalue weighted by molar-refractivity contribution is -0.374. The first-order valence-electron chi connectivity index (χ1n) is 30.3. The fourth-order valence-corrected chi connectivity index (χ4v) is 26.9. The normalized spacial score (nSPS) is 29.5. The lowest BCUT2D eigenvalue weighted by Crippen LogP contribution is -2.67. The number of hydrogen-bond acceptors (Lipinski definition) is 16. The van der Waals surface area contributed by atoms with Gasteiger partial charge in [0.05, 0.1) is 48.0 Å². The van der Waals surface area contributed by atoms with Crippen molar-refractivity contribution in [2.75, 3.05) is 13.2 Å². The molecule has 4 heterocycles. The molecule has 85 heavy (non-hydrogen) atoms. The number of rotatable bonds is 28. The number of ether oxygens (including phenoxy) is 10. The molecule has 0 spiro atoms. The Balaban J connectivity index is 1.21. The smallest absolute Gasteiger partial charge is 0.424 e. The number of aliphatic hydroxyl groups excluding tert-OH is 1. The van der Waals surface area contributed by atoms with Crippen molar-refractivity contribution in [1.82, 2.24) is 4.72 Å². The Morgan fingerprint density at radius 2 is 0.918 bits per heavy atom. The first-order chi connectivity index (χ1) is 40.5. The molecule has 0 aliphatic carbocycles. The Hall–Kier alpha value is -3.22. The minimum Gasteiger partial charge on any atom is -0.424 e. The van der Waals surface area contributed by atoms with E-state index in [2.05, 4.69) is 110 Å². The van der Waals surface area contributed by atoms with E-state index in [1.54, 1.807) is 18.2 Å². The number of fused-ring (bicyclic) bond motifs is 1. The highest BCUT2D eigenvalue weighted by atomic mass is 127. The summed E-state index contributed by atoms with van der Waals surface area (Å²) in [5, 5.41) is 12.9. The van der Waals surface area contributed by atoms with Crippen LogP contribution in [0.15, 0.2) is 126 Å². The second-order valence-electron chi connectivity index (χ2n) is 24.9. The third kappa shape index (κ3) is 15.7. The molecule has 0 saturated carbocycles. The van der Waals surface area contributed by atoms with Crippen molar-refractivity contribution >= 4 is 55.4 Å². The van der Waals surface area contributed by atoms with Gasteiger partial charge >= 0.3 is 6.16 Å². The van der Waals surface area contributed by atoms with E-state index in [1.807, 2.05) is 97.9 Å². The lowest BCUT2D eigenvalue weighted by Gasteiger charge is -2.50. The first kappa shape index (κ1) is 67.7. The average Bonchev–Trinajstić information content (AvgIpc) is 2.11. The van der Waals surface area contributed by atoms with Crippen LogP contribution in [0.5, 0.6) is 0 Å². The van der Waals surface area contributed by atoms with Crippen molar-refractivity contribution < 1.29 is 74.5 Å². The highest BCUT2D eigenvalue weighted by Crippen LogP contribution is 2.46. The molecule has 0 bridgehead atoms. The predicted molar refractivity (Wildman–Crippen MR) is 336 cm³/mol. The van der Waals surface area contributed by atoms with Gasteiger partial charge in [0.2, 0.25) is 10.0 Å². The van der Waals surface area contributed by atoms with Crippen LogP contribution in [0.3, 0.4) is 0 Å². The number of benzene rings is 4. The Bertz CT molecular complexity index is 2750. The molecule has 4 aliphatic rings. The fourth-order valence-electron chi connectivity index (χ4n) is 13.7. The highest BCUT2D eigenvalue weighted by Gasteiger charge is 2.61. The number of sulfonamides is 1. The van der Waals surface area contributed by atoms with Crippen LogP contribution >= 0.6 is 22.6 Å². The van der Waals surface area contributed by atoms with Gasteiger partial charge in [0, 0.05) is 0 Å². The van der Waals surface area contributed by atoms with Gasteiger partial charge < -0.3 is 61.3 Å². The highest BCUT2D eigenvalue weighted by molar-refractivity contribution is 14.1. The maximum absolute atomic E-state index is 14.3. The van der Waals surface area contributed by atoms with E-state index in [1.165, 1.54) is 12.1 Å². The molecule has 0 radical (unpaired) electrons. The molecule has 0 unspecified atom stereocenters. The molecule has 4 saturated heterocycles. The van der Waals surface area contributed by atoms with Crippen molar-refractivity contribution in [1.29, 1.82) is 0 Å².